The summed E-state index contributed by atoms with van der Waals surface area (Å²) in [5.74, 6) is 0.332. The van der Waals surface area contributed by atoms with Crippen molar-refractivity contribution >= 4 is 15.7 Å². The molecule has 2 aliphatic rings. The minimum absolute atomic E-state index is 0.0280. The molecule has 0 aromatic carbocycles. The second-order valence-electron chi connectivity index (χ2n) is 6.08. The summed E-state index contributed by atoms with van der Waals surface area (Å²) in [7, 11) is -2.97. The predicted molar refractivity (Wildman–Crippen MR) is 84.4 cm³/mol. The van der Waals surface area contributed by atoms with Gasteiger partial charge in [0.25, 0.3) is 0 Å². The van der Waals surface area contributed by atoms with E-state index in [-0.39, 0.29) is 30.1 Å². The van der Waals surface area contributed by atoms with Crippen LogP contribution in [0.15, 0.2) is 0 Å². The van der Waals surface area contributed by atoms with Crippen molar-refractivity contribution in [3.05, 3.63) is 0 Å². The summed E-state index contributed by atoms with van der Waals surface area (Å²) in [4.78, 5) is 18.5. The van der Waals surface area contributed by atoms with Crippen molar-refractivity contribution < 1.29 is 18.3 Å². The average Bonchev–Trinajstić information content (AvgIpc) is 2.82. The van der Waals surface area contributed by atoms with Crippen LogP contribution < -0.4 is 0 Å². The van der Waals surface area contributed by atoms with E-state index in [2.05, 4.69) is 9.80 Å². The molecule has 0 bridgehead atoms. The number of rotatable bonds is 6. The molecule has 2 aliphatic heterocycles. The first-order valence-electron chi connectivity index (χ1n) is 8.00. The van der Waals surface area contributed by atoms with Gasteiger partial charge < -0.3 is 10.0 Å². The molecule has 22 heavy (non-hydrogen) atoms. The summed E-state index contributed by atoms with van der Waals surface area (Å²) in [6.45, 7) is 7.01. The van der Waals surface area contributed by atoms with Gasteiger partial charge in [0, 0.05) is 45.3 Å². The highest BCUT2D eigenvalue weighted by Crippen LogP contribution is 2.18. The van der Waals surface area contributed by atoms with Crippen LogP contribution in [0.2, 0.25) is 0 Å². The fourth-order valence-electron chi connectivity index (χ4n) is 3.25. The zero-order chi connectivity index (χ0) is 16.2. The lowest BCUT2D eigenvalue weighted by Gasteiger charge is -2.35. The van der Waals surface area contributed by atoms with Crippen LogP contribution in [0.25, 0.3) is 0 Å². The van der Waals surface area contributed by atoms with Gasteiger partial charge in [-0.3, -0.25) is 14.6 Å². The third kappa shape index (κ3) is 4.65. The summed E-state index contributed by atoms with van der Waals surface area (Å²) in [5, 5.41) is 8.93. The van der Waals surface area contributed by atoms with Crippen LogP contribution >= 0.6 is 0 Å². The number of carbonyl (C=O) groups excluding carboxylic acids is 1. The Morgan fingerprint density at radius 3 is 2.36 bits per heavy atom. The first-order valence-corrected chi connectivity index (χ1v) is 9.82. The number of sulfone groups is 1. The molecule has 8 heteroatoms. The Kier molecular flexibility index (Phi) is 6.19. The van der Waals surface area contributed by atoms with Gasteiger partial charge in [0.05, 0.1) is 24.7 Å². The highest BCUT2D eigenvalue weighted by molar-refractivity contribution is 7.91. The summed E-state index contributed by atoms with van der Waals surface area (Å²) >= 11 is 0. The van der Waals surface area contributed by atoms with Gasteiger partial charge in [-0.1, -0.05) is 0 Å². The van der Waals surface area contributed by atoms with Crippen molar-refractivity contribution in [1.82, 2.24) is 14.7 Å². The van der Waals surface area contributed by atoms with Crippen molar-refractivity contribution in [2.45, 2.75) is 19.4 Å². The molecule has 1 amide bonds. The van der Waals surface area contributed by atoms with Gasteiger partial charge in [-0.05, 0) is 13.3 Å². The highest BCUT2D eigenvalue weighted by atomic mass is 32.2. The molecular formula is C14H27N3O4S. The van der Waals surface area contributed by atoms with E-state index in [1.165, 1.54) is 0 Å². The monoisotopic (exact) mass is 333 g/mol. The lowest BCUT2D eigenvalue weighted by molar-refractivity contribution is -0.134. The molecule has 2 heterocycles. The van der Waals surface area contributed by atoms with Gasteiger partial charge in [0.15, 0.2) is 9.84 Å². The van der Waals surface area contributed by atoms with Crippen LogP contribution in [0, 0.1) is 0 Å². The summed E-state index contributed by atoms with van der Waals surface area (Å²) in [6, 6.07) is -0.154. The Labute approximate surface area is 132 Å². The van der Waals surface area contributed by atoms with E-state index < -0.39 is 9.84 Å². The third-order valence-electron chi connectivity index (χ3n) is 4.55. The standard InChI is InChI=1S/C14H27N3O4S/c1-2-17(13-3-10-22(20,21)12-13)14(19)11-16-6-4-15(5-7-16)8-9-18/h13,18H,2-12H2,1H3. The molecule has 0 aromatic heterocycles. The predicted octanol–water partition coefficient (Wildman–Crippen LogP) is -1.37. The number of amides is 1. The van der Waals surface area contributed by atoms with Crippen LogP contribution in [-0.2, 0) is 14.6 Å². The van der Waals surface area contributed by atoms with Crippen molar-refractivity contribution in [3.8, 4) is 0 Å². The SMILES string of the molecule is CCN(C(=O)CN1CCN(CCO)CC1)C1CCS(=O)(=O)C1. The number of likely N-dealkylation sites (N-methyl/N-ethyl adjacent to an activating group) is 1. The summed E-state index contributed by atoms with van der Waals surface area (Å²) in [5.41, 5.74) is 0. The molecule has 1 unspecified atom stereocenters. The van der Waals surface area contributed by atoms with E-state index in [0.29, 0.717) is 26.1 Å². The van der Waals surface area contributed by atoms with E-state index in [1.807, 2.05) is 6.92 Å². The molecule has 0 aromatic rings. The Morgan fingerprint density at radius 2 is 1.86 bits per heavy atom. The minimum atomic E-state index is -2.97. The lowest BCUT2D eigenvalue weighted by Crippen LogP contribution is -2.52. The number of piperazine rings is 1. The zero-order valence-corrected chi connectivity index (χ0v) is 14.1. The number of carbonyl (C=O) groups is 1. The van der Waals surface area contributed by atoms with E-state index >= 15 is 0 Å². The van der Waals surface area contributed by atoms with Crippen LogP contribution in [-0.4, -0.2) is 104 Å². The molecule has 0 radical (unpaired) electrons. The topological polar surface area (TPSA) is 81.2 Å². The van der Waals surface area contributed by atoms with Gasteiger partial charge >= 0.3 is 0 Å². The molecular weight excluding hydrogens is 306 g/mol. The second-order valence-corrected chi connectivity index (χ2v) is 8.31. The van der Waals surface area contributed by atoms with E-state index in [9.17, 15) is 13.2 Å². The first kappa shape index (κ1) is 17.7. The molecule has 1 atom stereocenters. The van der Waals surface area contributed by atoms with Crippen molar-refractivity contribution in [2.75, 3.05) is 63.9 Å². The number of aliphatic hydroxyl groups is 1. The Morgan fingerprint density at radius 1 is 1.23 bits per heavy atom. The Balaban J connectivity index is 1.83. The van der Waals surface area contributed by atoms with Gasteiger partial charge in [-0.25, -0.2) is 8.42 Å². The zero-order valence-electron chi connectivity index (χ0n) is 13.3. The smallest absolute Gasteiger partial charge is 0.237 e. The summed E-state index contributed by atoms with van der Waals surface area (Å²) < 4.78 is 23.2. The highest BCUT2D eigenvalue weighted by Gasteiger charge is 2.34. The first-order chi connectivity index (χ1) is 10.4. The van der Waals surface area contributed by atoms with E-state index in [4.69, 9.17) is 5.11 Å². The van der Waals surface area contributed by atoms with Gasteiger partial charge in [0.2, 0.25) is 5.91 Å². The average molecular weight is 333 g/mol. The quantitative estimate of drug-likeness (QED) is 0.646. The molecule has 2 fully saturated rings. The number of hydrogen-bond acceptors (Lipinski definition) is 6. The van der Waals surface area contributed by atoms with Crippen molar-refractivity contribution in [3.63, 3.8) is 0 Å². The number of β-amino-alcohol motifs (C(OH)–C–C–N with tert-alkyl or cyclic N) is 1. The van der Waals surface area contributed by atoms with Crippen LogP contribution in [0.4, 0.5) is 0 Å². The van der Waals surface area contributed by atoms with Crippen LogP contribution in [0.3, 0.4) is 0 Å². The minimum Gasteiger partial charge on any atom is -0.395 e. The van der Waals surface area contributed by atoms with E-state index in [0.717, 1.165) is 26.2 Å². The fraction of sp³-hybridized carbons (Fsp3) is 0.929. The fourth-order valence-corrected chi connectivity index (χ4v) is 4.98. The van der Waals surface area contributed by atoms with Crippen molar-refractivity contribution in [1.29, 1.82) is 0 Å². The third-order valence-corrected chi connectivity index (χ3v) is 6.30. The van der Waals surface area contributed by atoms with Crippen LogP contribution in [0.5, 0.6) is 0 Å². The largest absolute Gasteiger partial charge is 0.395 e. The van der Waals surface area contributed by atoms with Crippen molar-refractivity contribution in [2.24, 2.45) is 0 Å². The van der Waals surface area contributed by atoms with Gasteiger partial charge in [-0.15, -0.1) is 0 Å². The summed E-state index contributed by atoms with van der Waals surface area (Å²) in [6.07, 6.45) is 0.562. The van der Waals surface area contributed by atoms with Gasteiger partial charge in [0.1, 0.15) is 0 Å². The molecule has 2 saturated heterocycles. The number of nitrogens with zero attached hydrogens (tertiary/aromatic N) is 3. The molecule has 0 aliphatic carbocycles. The van der Waals surface area contributed by atoms with E-state index in [1.54, 1.807) is 4.90 Å². The molecule has 2 rings (SSSR count). The molecule has 1 N–H and O–H groups in total. The maximum Gasteiger partial charge on any atom is 0.237 e. The number of hydrogen-bond donors (Lipinski definition) is 1. The number of aliphatic hydroxyl groups excluding tert-OH is 1. The normalized spacial score (nSPS) is 26.2. The maximum atomic E-state index is 12.5. The molecule has 0 saturated carbocycles. The molecule has 0 spiro atoms. The van der Waals surface area contributed by atoms with Crippen LogP contribution in [0.1, 0.15) is 13.3 Å². The molecule has 128 valence electrons. The Hall–Kier alpha value is -0.700. The Bertz CT molecular complexity index is 474. The van der Waals surface area contributed by atoms with Gasteiger partial charge in [-0.2, -0.15) is 0 Å². The lowest BCUT2D eigenvalue weighted by atomic mass is 10.2. The second kappa shape index (κ2) is 7.72. The maximum absolute atomic E-state index is 12.5. The molecule has 7 nitrogen and oxygen atoms in total.